The van der Waals surface area contributed by atoms with E-state index in [-0.39, 0.29) is 5.91 Å². The lowest BCUT2D eigenvalue weighted by molar-refractivity contribution is -0.115. The number of amides is 1. The van der Waals surface area contributed by atoms with Gasteiger partial charge in [0.2, 0.25) is 0 Å². The first-order chi connectivity index (χ1) is 12.0. The van der Waals surface area contributed by atoms with Gasteiger partial charge in [-0.25, -0.2) is 0 Å². The predicted molar refractivity (Wildman–Crippen MR) is 108 cm³/mol. The van der Waals surface area contributed by atoms with Gasteiger partial charge in [-0.3, -0.25) is 10.1 Å². The van der Waals surface area contributed by atoms with Gasteiger partial charge in [0.15, 0.2) is 16.6 Å². The first kappa shape index (κ1) is 17.7. The fourth-order valence-corrected chi connectivity index (χ4v) is 2.85. The van der Waals surface area contributed by atoms with Crippen LogP contribution in [0.2, 0.25) is 0 Å². The van der Waals surface area contributed by atoms with Gasteiger partial charge in [-0.2, -0.15) is 0 Å². The number of ether oxygens (including phenoxy) is 2. The number of rotatable bonds is 5. The maximum atomic E-state index is 11.7. The molecule has 2 N–H and O–H groups in total. The molecular formula is C18H15IN2O3S. The number of hydrogen-bond donors (Lipinski definition) is 2. The second-order valence-electron chi connectivity index (χ2n) is 5.29. The van der Waals surface area contributed by atoms with Crippen LogP contribution >= 0.6 is 34.8 Å². The van der Waals surface area contributed by atoms with Gasteiger partial charge in [0.25, 0.3) is 5.91 Å². The lowest BCUT2D eigenvalue weighted by Gasteiger charge is -2.11. The highest BCUT2D eigenvalue weighted by molar-refractivity contribution is 14.1. The number of hydrogen-bond acceptors (Lipinski definition) is 4. The Labute approximate surface area is 164 Å². The average molecular weight is 466 g/mol. The Bertz CT molecular complexity index is 850. The Morgan fingerprint density at radius 3 is 2.52 bits per heavy atom. The summed E-state index contributed by atoms with van der Waals surface area (Å²) in [4.78, 5) is 11.7. The first-order valence-electron chi connectivity index (χ1n) is 7.44. The summed E-state index contributed by atoms with van der Waals surface area (Å²) in [7, 11) is 1.58. The topological polar surface area (TPSA) is 59.6 Å². The Morgan fingerprint density at radius 1 is 1.12 bits per heavy atom. The molecule has 1 heterocycles. The van der Waals surface area contributed by atoms with E-state index in [0.29, 0.717) is 28.9 Å². The van der Waals surface area contributed by atoms with Crippen molar-refractivity contribution in [2.24, 2.45) is 0 Å². The van der Waals surface area contributed by atoms with Crippen molar-refractivity contribution in [1.29, 1.82) is 0 Å². The number of carbonyl (C=O) groups is 1. The van der Waals surface area contributed by atoms with Crippen LogP contribution in [0.1, 0.15) is 11.1 Å². The molecule has 0 atom stereocenters. The molecule has 0 saturated carbocycles. The molecule has 1 aliphatic rings. The van der Waals surface area contributed by atoms with Gasteiger partial charge < -0.3 is 14.8 Å². The normalized spacial score (nSPS) is 15.0. The number of benzene rings is 2. The molecule has 0 aromatic heterocycles. The van der Waals surface area contributed by atoms with E-state index in [1.807, 2.05) is 42.5 Å². The van der Waals surface area contributed by atoms with Crippen LogP contribution in [0.4, 0.5) is 0 Å². The van der Waals surface area contributed by atoms with Crippen LogP contribution in [0.5, 0.6) is 11.5 Å². The second kappa shape index (κ2) is 7.83. The molecule has 25 heavy (non-hydrogen) atoms. The third-order valence-corrected chi connectivity index (χ3v) is 4.45. The standard InChI is InChI=1S/C18H15IN2O3S/c1-23-16-9-12(8-14-17(22)21-18(25)20-14)4-7-15(16)24-10-11-2-5-13(19)6-3-11/h2-9H,10H2,1H3,(H2,20,21,22,25)/b14-8-. The van der Waals surface area contributed by atoms with Gasteiger partial charge in [-0.15, -0.1) is 0 Å². The molecule has 3 rings (SSSR count). The number of thiocarbonyl (C=S) groups is 1. The summed E-state index contributed by atoms with van der Waals surface area (Å²) >= 11 is 7.18. The van der Waals surface area contributed by atoms with Crippen LogP contribution < -0.4 is 20.1 Å². The first-order valence-corrected chi connectivity index (χ1v) is 8.93. The second-order valence-corrected chi connectivity index (χ2v) is 6.95. The van der Waals surface area contributed by atoms with E-state index in [4.69, 9.17) is 21.7 Å². The summed E-state index contributed by atoms with van der Waals surface area (Å²) in [5.74, 6) is 0.992. The molecule has 1 saturated heterocycles. The molecule has 2 aromatic carbocycles. The van der Waals surface area contributed by atoms with Crippen molar-refractivity contribution < 1.29 is 14.3 Å². The van der Waals surface area contributed by atoms with Gasteiger partial charge in [0.1, 0.15) is 12.3 Å². The van der Waals surface area contributed by atoms with Crippen molar-refractivity contribution in [2.45, 2.75) is 6.61 Å². The minimum absolute atomic E-state index is 0.247. The van der Waals surface area contributed by atoms with Crippen LogP contribution in [0, 0.1) is 3.57 Å². The average Bonchev–Trinajstić information content (AvgIpc) is 2.92. The Hall–Kier alpha value is -2.13. The molecular weight excluding hydrogens is 451 g/mol. The molecule has 0 aliphatic carbocycles. The van der Waals surface area contributed by atoms with E-state index in [9.17, 15) is 4.79 Å². The molecule has 0 unspecified atom stereocenters. The molecule has 1 aliphatic heterocycles. The molecule has 0 spiro atoms. The smallest absolute Gasteiger partial charge is 0.273 e. The van der Waals surface area contributed by atoms with Gasteiger partial charge in [0, 0.05) is 3.57 Å². The van der Waals surface area contributed by atoms with E-state index >= 15 is 0 Å². The zero-order chi connectivity index (χ0) is 17.8. The highest BCUT2D eigenvalue weighted by Crippen LogP contribution is 2.29. The van der Waals surface area contributed by atoms with E-state index in [2.05, 4.69) is 33.2 Å². The molecule has 0 radical (unpaired) electrons. The van der Waals surface area contributed by atoms with Crippen molar-refractivity contribution in [3.8, 4) is 11.5 Å². The quantitative estimate of drug-likeness (QED) is 0.403. The minimum atomic E-state index is -0.247. The summed E-state index contributed by atoms with van der Waals surface area (Å²) in [6, 6.07) is 13.6. The minimum Gasteiger partial charge on any atom is -0.493 e. The number of nitrogens with one attached hydrogen (secondary N) is 2. The van der Waals surface area contributed by atoms with Crippen LogP contribution in [0.3, 0.4) is 0 Å². The Kier molecular flexibility index (Phi) is 5.54. The Morgan fingerprint density at radius 2 is 1.88 bits per heavy atom. The van der Waals surface area contributed by atoms with Crippen LogP contribution in [-0.4, -0.2) is 18.1 Å². The summed E-state index contributed by atoms with van der Waals surface area (Å²) in [5.41, 5.74) is 2.29. The number of methoxy groups -OCH3 is 1. The summed E-state index contributed by atoms with van der Waals surface area (Å²) in [6.07, 6.45) is 1.71. The zero-order valence-electron chi connectivity index (χ0n) is 13.3. The lowest BCUT2D eigenvalue weighted by atomic mass is 10.1. The van der Waals surface area contributed by atoms with E-state index in [1.54, 1.807) is 13.2 Å². The van der Waals surface area contributed by atoms with Crippen molar-refractivity contribution in [3.05, 3.63) is 62.9 Å². The summed E-state index contributed by atoms with van der Waals surface area (Å²) < 4.78 is 12.4. The SMILES string of the molecule is COc1cc(/C=C2\NC(=S)NC2=O)ccc1OCc1ccc(I)cc1. The maximum Gasteiger partial charge on any atom is 0.273 e. The molecule has 0 bridgehead atoms. The van der Waals surface area contributed by atoms with Crippen LogP contribution in [0.25, 0.3) is 6.08 Å². The molecule has 5 nitrogen and oxygen atoms in total. The van der Waals surface area contributed by atoms with Gasteiger partial charge in [-0.1, -0.05) is 18.2 Å². The molecule has 2 aromatic rings. The van der Waals surface area contributed by atoms with Gasteiger partial charge in [0.05, 0.1) is 7.11 Å². The van der Waals surface area contributed by atoms with E-state index in [1.165, 1.54) is 3.57 Å². The molecule has 128 valence electrons. The van der Waals surface area contributed by atoms with Crippen molar-refractivity contribution in [3.63, 3.8) is 0 Å². The third kappa shape index (κ3) is 4.49. The number of carbonyl (C=O) groups excluding carboxylic acids is 1. The van der Waals surface area contributed by atoms with Crippen LogP contribution in [0.15, 0.2) is 48.2 Å². The fraction of sp³-hybridized carbons (Fsp3) is 0.111. The highest BCUT2D eigenvalue weighted by atomic mass is 127. The largest absolute Gasteiger partial charge is 0.493 e. The van der Waals surface area contributed by atoms with Crippen molar-refractivity contribution >= 4 is 51.9 Å². The van der Waals surface area contributed by atoms with Gasteiger partial charge in [-0.05, 0) is 76.3 Å². The lowest BCUT2D eigenvalue weighted by Crippen LogP contribution is -2.21. The zero-order valence-corrected chi connectivity index (χ0v) is 16.3. The fourth-order valence-electron chi connectivity index (χ4n) is 2.28. The van der Waals surface area contributed by atoms with Crippen molar-refractivity contribution in [2.75, 3.05) is 7.11 Å². The highest BCUT2D eigenvalue weighted by Gasteiger charge is 2.20. The number of halogens is 1. The monoisotopic (exact) mass is 466 g/mol. The van der Waals surface area contributed by atoms with Crippen LogP contribution in [-0.2, 0) is 11.4 Å². The van der Waals surface area contributed by atoms with E-state index in [0.717, 1.165) is 11.1 Å². The maximum absolute atomic E-state index is 11.7. The van der Waals surface area contributed by atoms with Gasteiger partial charge >= 0.3 is 0 Å². The Balaban J connectivity index is 1.75. The predicted octanol–water partition coefficient (Wildman–Crippen LogP) is 3.22. The molecule has 1 amide bonds. The summed E-state index contributed by atoms with van der Waals surface area (Å²) in [6.45, 7) is 0.450. The molecule has 7 heteroatoms. The van der Waals surface area contributed by atoms with E-state index < -0.39 is 0 Å². The third-order valence-electron chi connectivity index (χ3n) is 3.53. The van der Waals surface area contributed by atoms with Crippen molar-refractivity contribution in [1.82, 2.24) is 10.6 Å². The molecule has 1 fully saturated rings. The summed E-state index contributed by atoms with van der Waals surface area (Å²) in [5, 5.41) is 5.65.